The number of nitrogens with zero attached hydrogens (tertiary/aromatic N) is 2. The summed E-state index contributed by atoms with van der Waals surface area (Å²) in [6.07, 6.45) is 0. The summed E-state index contributed by atoms with van der Waals surface area (Å²) in [5.74, 6) is -0.0931. The lowest BCUT2D eigenvalue weighted by Crippen LogP contribution is -2.22. The Labute approximate surface area is 176 Å². The molecule has 148 valence electrons. The first kappa shape index (κ1) is 18.4. The first-order chi connectivity index (χ1) is 14.5. The van der Waals surface area contributed by atoms with Crippen molar-refractivity contribution in [1.29, 1.82) is 0 Å². The summed E-state index contributed by atoms with van der Waals surface area (Å²) in [5.41, 5.74) is 8.85. The number of nitrogens with one attached hydrogen (secondary N) is 1. The van der Waals surface area contributed by atoms with Crippen molar-refractivity contribution >= 4 is 5.91 Å². The van der Waals surface area contributed by atoms with E-state index in [9.17, 15) is 4.79 Å². The van der Waals surface area contributed by atoms with Gasteiger partial charge in [-0.2, -0.15) is 5.10 Å². The number of amides is 1. The molecule has 0 radical (unpaired) electrons. The third-order valence-corrected chi connectivity index (χ3v) is 5.61. The lowest BCUT2D eigenvalue weighted by atomic mass is 9.96. The van der Waals surface area contributed by atoms with E-state index in [-0.39, 0.29) is 11.9 Å². The minimum Gasteiger partial charge on any atom is -0.340 e. The van der Waals surface area contributed by atoms with Crippen LogP contribution in [0.25, 0.3) is 16.9 Å². The molecule has 3 aromatic carbocycles. The third kappa shape index (κ3) is 3.01. The molecule has 0 saturated heterocycles. The Morgan fingerprint density at radius 2 is 1.50 bits per heavy atom. The predicted octanol–water partition coefficient (Wildman–Crippen LogP) is 5.30. The number of hydrogen-bond donors (Lipinski definition) is 1. The zero-order valence-electron chi connectivity index (χ0n) is 17.3. The molecule has 0 aliphatic carbocycles. The number of benzene rings is 3. The first-order valence-corrected chi connectivity index (χ1v) is 10.2. The molecule has 1 atom stereocenters. The number of aryl methyl sites for hydroxylation is 3. The summed E-state index contributed by atoms with van der Waals surface area (Å²) in [5, 5.41) is 8.14. The van der Waals surface area contributed by atoms with E-state index >= 15 is 0 Å². The Morgan fingerprint density at radius 3 is 2.17 bits per heavy atom. The molecule has 1 aliphatic rings. The van der Waals surface area contributed by atoms with E-state index in [0.717, 1.165) is 39.2 Å². The van der Waals surface area contributed by atoms with Crippen molar-refractivity contribution in [2.75, 3.05) is 0 Å². The van der Waals surface area contributed by atoms with Crippen LogP contribution in [0.15, 0.2) is 72.8 Å². The van der Waals surface area contributed by atoms with Crippen LogP contribution in [-0.2, 0) is 0 Å². The van der Waals surface area contributed by atoms with Crippen LogP contribution in [0, 0.1) is 20.8 Å². The number of aromatic nitrogens is 2. The molecule has 4 heteroatoms. The fourth-order valence-electron chi connectivity index (χ4n) is 4.27. The fourth-order valence-corrected chi connectivity index (χ4v) is 4.27. The number of carbonyl (C=O) groups is 1. The van der Waals surface area contributed by atoms with Crippen molar-refractivity contribution in [1.82, 2.24) is 15.1 Å². The van der Waals surface area contributed by atoms with Gasteiger partial charge in [0.15, 0.2) is 0 Å². The number of hydrogen-bond acceptors (Lipinski definition) is 2. The zero-order chi connectivity index (χ0) is 20.8. The molecule has 30 heavy (non-hydrogen) atoms. The Balaban J connectivity index is 1.77. The summed E-state index contributed by atoms with van der Waals surface area (Å²) >= 11 is 0. The predicted molar refractivity (Wildman–Crippen MR) is 119 cm³/mol. The third-order valence-electron chi connectivity index (χ3n) is 5.61. The maximum absolute atomic E-state index is 13.2. The van der Waals surface area contributed by atoms with Crippen LogP contribution < -0.4 is 5.32 Å². The van der Waals surface area contributed by atoms with Gasteiger partial charge in [-0.3, -0.25) is 4.79 Å². The lowest BCUT2D eigenvalue weighted by molar-refractivity contribution is 0.0953. The Bertz CT molecular complexity index is 1230. The standard InChI is InChI=1S/C26H23N3O/c1-16-9-11-20(12-10-16)23-22-24(19-7-5-4-6-8-19)28-29(25(22)26(30)27-23)21-14-17(2)13-18(3)15-21/h4-15,23H,1-3H3,(H,27,30). The molecule has 4 nitrogen and oxygen atoms in total. The van der Waals surface area contributed by atoms with Crippen molar-refractivity contribution in [3.63, 3.8) is 0 Å². The molecule has 1 unspecified atom stereocenters. The summed E-state index contributed by atoms with van der Waals surface area (Å²) in [6, 6.07) is 24.5. The Kier molecular flexibility index (Phi) is 4.28. The minimum absolute atomic E-state index is 0.0931. The molecule has 0 fully saturated rings. The molecule has 4 aromatic rings. The first-order valence-electron chi connectivity index (χ1n) is 10.2. The maximum Gasteiger partial charge on any atom is 0.271 e. The van der Waals surface area contributed by atoms with Crippen molar-refractivity contribution in [3.8, 4) is 16.9 Å². The molecule has 1 N–H and O–H groups in total. The second kappa shape index (κ2) is 6.99. The highest BCUT2D eigenvalue weighted by Crippen LogP contribution is 2.39. The summed E-state index contributed by atoms with van der Waals surface area (Å²) < 4.78 is 1.81. The highest BCUT2D eigenvalue weighted by molar-refractivity contribution is 6.01. The van der Waals surface area contributed by atoms with Gasteiger partial charge in [0.05, 0.1) is 17.4 Å². The molecule has 5 rings (SSSR count). The molecular formula is C26H23N3O. The Morgan fingerprint density at radius 1 is 0.833 bits per heavy atom. The smallest absolute Gasteiger partial charge is 0.271 e. The summed E-state index contributed by atoms with van der Waals surface area (Å²) in [7, 11) is 0. The quantitative estimate of drug-likeness (QED) is 0.514. The van der Waals surface area contributed by atoms with Gasteiger partial charge in [0, 0.05) is 11.1 Å². The van der Waals surface area contributed by atoms with Gasteiger partial charge in [0.25, 0.3) is 5.91 Å². The molecular weight excluding hydrogens is 370 g/mol. The van der Waals surface area contributed by atoms with Gasteiger partial charge >= 0.3 is 0 Å². The Hall–Kier alpha value is -3.66. The molecule has 1 aromatic heterocycles. The highest BCUT2D eigenvalue weighted by atomic mass is 16.2. The van der Waals surface area contributed by atoms with Gasteiger partial charge in [0.2, 0.25) is 0 Å². The van der Waals surface area contributed by atoms with E-state index in [0.29, 0.717) is 5.69 Å². The summed E-state index contributed by atoms with van der Waals surface area (Å²) in [6.45, 7) is 6.19. The second-order valence-electron chi connectivity index (χ2n) is 8.05. The van der Waals surface area contributed by atoms with Crippen molar-refractivity contribution in [3.05, 3.63) is 106 Å². The van der Waals surface area contributed by atoms with Gasteiger partial charge in [-0.05, 0) is 49.6 Å². The largest absolute Gasteiger partial charge is 0.340 e. The molecule has 0 saturated carbocycles. The van der Waals surface area contributed by atoms with E-state index in [2.05, 4.69) is 68.6 Å². The lowest BCUT2D eigenvalue weighted by Gasteiger charge is -2.13. The van der Waals surface area contributed by atoms with Crippen LogP contribution in [0.5, 0.6) is 0 Å². The molecule has 2 heterocycles. The van der Waals surface area contributed by atoms with Gasteiger partial charge < -0.3 is 5.32 Å². The van der Waals surface area contributed by atoms with Crippen LogP contribution in [0.3, 0.4) is 0 Å². The van der Waals surface area contributed by atoms with Gasteiger partial charge in [-0.15, -0.1) is 0 Å². The fraction of sp³-hybridized carbons (Fsp3) is 0.154. The van der Waals surface area contributed by atoms with E-state index in [1.807, 2.05) is 30.3 Å². The number of rotatable bonds is 3. The molecule has 1 aliphatic heterocycles. The molecule has 0 bridgehead atoms. The van der Waals surface area contributed by atoms with Gasteiger partial charge in [0.1, 0.15) is 5.69 Å². The highest BCUT2D eigenvalue weighted by Gasteiger charge is 2.38. The van der Waals surface area contributed by atoms with Crippen LogP contribution in [-0.4, -0.2) is 15.7 Å². The van der Waals surface area contributed by atoms with Crippen LogP contribution in [0.1, 0.15) is 44.3 Å². The number of fused-ring (bicyclic) bond motifs is 1. The number of carbonyl (C=O) groups excluding carboxylic acids is 1. The summed E-state index contributed by atoms with van der Waals surface area (Å²) in [4.78, 5) is 13.2. The normalized spacial score (nSPS) is 15.2. The van der Waals surface area contributed by atoms with Crippen LogP contribution in [0.2, 0.25) is 0 Å². The van der Waals surface area contributed by atoms with Crippen molar-refractivity contribution in [2.45, 2.75) is 26.8 Å². The zero-order valence-corrected chi connectivity index (χ0v) is 17.3. The monoisotopic (exact) mass is 393 g/mol. The van der Waals surface area contributed by atoms with E-state index in [1.54, 1.807) is 4.68 Å². The second-order valence-corrected chi connectivity index (χ2v) is 8.05. The van der Waals surface area contributed by atoms with E-state index in [4.69, 9.17) is 5.10 Å². The van der Waals surface area contributed by atoms with Gasteiger partial charge in [-0.25, -0.2) is 4.68 Å². The van der Waals surface area contributed by atoms with Crippen molar-refractivity contribution < 1.29 is 4.79 Å². The van der Waals surface area contributed by atoms with Crippen LogP contribution in [0.4, 0.5) is 0 Å². The maximum atomic E-state index is 13.2. The van der Waals surface area contributed by atoms with Crippen LogP contribution >= 0.6 is 0 Å². The molecule has 1 amide bonds. The van der Waals surface area contributed by atoms with E-state index in [1.165, 1.54) is 5.56 Å². The topological polar surface area (TPSA) is 46.9 Å². The average Bonchev–Trinajstić information content (AvgIpc) is 3.28. The average molecular weight is 393 g/mol. The minimum atomic E-state index is -0.219. The van der Waals surface area contributed by atoms with Crippen molar-refractivity contribution in [2.24, 2.45) is 0 Å². The van der Waals surface area contributed by atoms with E-state index < -0.39 is 0 Å². The SMILES string of the molecule is Cc1ccc(C2NC(=O)c3c2c(-c2ccccc2)nn3-c2cc(C)cc(C)c2)cc1. The molecule has 0 spiro atoms. The van der Waals surface area contributed by atoms with Gasteiger partial charge in [-0.1, -0.05) is 66.2 Å².